The van der Waals surface area contributed by atoms with Gasteiger partial charge in [-0.1, -0.05) is 17.7 Å². The third-order valence-corrected chi connectivity index (χ3v) is 3.45. The lowest BCUT2D eigenvalue weighted by atomic mass is 10.1. The van der Waals surface area contributed by atoms with Crippen LogP contribution in [-0.2, 0) is 4.79 Å². The molecule has 0 bridgehead atoms. The van der Waals surface area contributed by atoms with Crippen molar-refractivity contribution in [3.8, 4) is 5.75 Å². The zero-order valence-electron chi connectivity index (χ0n) is 13.9. The summed E-state index contributed by atoms with van der Waals surface area (Å²) >= 11 is 5.21. The fourth-order valence-electron chi connectivity index (χ4n) is 2.06. The predicted octanol–water partition coefficient (Wildman–Crippen LogP) is 3.09. The molecule has 0 saturated heterocycles. The van der Waals surface area contributed by atoms with Gasteiger partial charge >= 0.3 is 5.97 Å². The van der Waals surface area contributed by atoms with Crippen LogP contribution in [0.25, 0.3) is 0 Å². The van der Waals surface area contributed by atoms with Gasteiger partial charge < -0.3 is 15.2 Å². The normalized spacial score (nSPS) is 10.5. The first-order valence-electron chi connectivity index (χ1n) is 7.56. The smallest absolute Gasteiger partial charge is 0.341 e. The Morgan fingerprint density at radius 3 is 2.60 bits per heavy atom. The molecule has 0 aliphatic heterocycles. The predicted molar refractivity (Wildman–Crippen MR) is 102 cm³/mol. The van der Waals surface area contributed by atoms with Crippen LogP contribution in [0.3, 0.4) is 0 Å². The van der Waals surface area contributed by atoms with Gasteiger partial charge in [0.15, 0.2) is 11.7 Å². The maximum absolute atomic E-state index is 10.4. The Hall–Kier alpha value is -2.93. The van der Waals surface area contributed by atoms with Gasteiger partial charge in [0.2, 0.25) is 0 Å². The third kappa shape index (κ3) is 6.23. The van der Waals surface area contributed by atoms with E-state index >= 15 is 0 Å². The zero-order valence-corrected chi connectivity index (χ0v) is 14.8. The largest absolute Gasteiger partial charge is 0.482 e. The van der Waals surface area contributed by atoms with E-state index in [9.17, 15) is 4.79 Å². The van der Waals surface area contributed by atoms with Crippen LogP contribution in [0.4, 0.5) is 5.69 Å². The van der Waals surface area contributed by atoms with E-state index in [-0.39, 0.29) is 6.61 Å². The highest BCUT2D eigenvalue weighted by molar-refractivity contribution is 7.80. The van der Waals surface area contributed by atoms with Crippen molar-refractivity contribution in [3.63, 3.8) is 0 Å². The maximum Gasteiger partial charge on any atom is 0.341 e. The van der Waals surface area contributed by atoms with Crippen molar-refractivity contribution >= 4 is 35.2 Å². The number of hydrogen-bond donors (Lipinski definition) is 3. The van der Waals surface area contributed by atoms with Crippen molar-refractivity contribution in [2.45, 2.75) is 13.8 Å². The Morgan fingerprint density at radius 1 is 1.24 bits per heavy atom. The Kier molecular flexibility index (Phi) is 6.47. The second kappa shape index (κ2) is 8.79. The van der Waals surface area contributed by atoms with E-state index < -0.39 is 5.97 Å². The molecule has 7 heteroatoms. The van der Waals surface area contributed by atoms with Gasteiger partial charge in [-0.3, -0.25) is 5.43 Å². The molecule has 2 rings (SSSR count). The lowest BCUT2D eigenvalue weighted by molar-refractivity contribution is -0.139. The van der Waals surface area contributed by atoms with Gasteiger partial charge in [-0.15, -0.1) is 0 Å². The number of nitrogens with one attached hydrogen (secondary N) is 2. The number of ether oxygens (including phenoxy) is 1. The molecule has 2 aromatic rings. The third-order valence-electron chi connectivity index (χ3n) is 3.25. The molecule has 0 radical (unpaired) electrons. The molecule has 0 heterocycles. The monoisotopic (exact) mass is 357 g/mol. The topological polar surface area (TPSA) is 83.0 Å². The van der Waals surface area contributed by atoms with E-state index in [1.165, 1.54) is 5.56 Å². The number of thiocarbonyl (C=S) groups is 1. The number of carbonyl (C=O) groups is 1. The second-order valence-corrected chi connectivity index (χ2v) is 5.80. The number of hydrogen-bond acceptors (Lipinski definition) is 4. The summed E-state index contributed by atoms with van der Waals surface area (Å²) in [6.45, 7) is 3.68. The highest BCUT2D eigenvalue weighted by atomic mass is 32.1. The summed E-state index contributed by atoms with van der Waals surface area (Å²) in [5.74, 6) is -0.529. The number of aliphatic carboxylic acids is 1. The highest BCUT2D eigenvalue weighted by Crippen LogP contribution is 2.15. The zero-order chi connectivity index (χ0) is 18.2. The Labute approximate surface area is 151 Å². The van der Waals surface area contributed by atoms with Gasteiger partial charge in [0.25, 0.3) is 0 Å². The van der Waals surface area contributed by atoms with Crippen molar-refractivity contribution in [1.29, 1.82) is 0 Å². The lowest BCUT2D eigenvalue weighted by Crippen LogP contribution is -2.24. The molecule has 130 valence electrons. The summed E-state index contributed by atoms with van der Waals surface area (Å²) in [4.78, 5) is 10.4. The average Bonchev–Trinajstić information content (AvgIpc) is 2.56. The van der Waals surface area contributed by atoms with Crippen LogP contribution in [0, 0.1) is 13.8 Å². The molecular weight excluding hydrogens is 338 g/mol. The molecule has 0 unspecified atom stereocenters. The molecule has 0 amide bonds. The minimum absolute atomic E-state index is 0.368. The summed E-state index contributed by atoms with van der Waals surface area (Å²) in [6.07, 6.45) is 1.61. The Morgan fingerprint density at radius 2 is 1.96 bits per heavy atom. The maximum atomic E-state index is 10.4. The number of rotatable bonds is 6. The molecule has 0 aromatic heterocycles. The van der Waals surface area contributed by atoms with E-state index in [4.69, 9.17) is 22.1 Å². The van der Waals surface area contributed by atoms with Crippen LogP contribution < -0.4 is 15.5 Å². The van der Waals surface area contributed by atoms with Crippen molar-refractivity contribution in [1.82, 2.24) is 5.43 Å². The first kappa shape index (κ1) is 18.4. The van der Waals surface area contributed by atoms with Crippen LogP contribution in [-0.4, -0.2) is 29.0 Å². The van der Waals surface area contributed by atoms with E-state index in [0.717, 1.165) is 16.8 Å². The van der Waals surface area contributed by atoms with E-state index in [2.05, 4.69) is 21.9 Å². The molecular formula is C18H19N3O3S. The van der Waals surface area contributed by atoms with E-state index in [0.29, 0.717) is 10.9 Å². The molecule has 0 spiro atoms. The van der Waals surface area contributed by atoms with Crippen molar-refractivity contribution in [2.75, 3.05) is 11.9 Å². The molecule has 3 N–H and O–H groups in total. The Bertz CT molecular complexity index is 789. The fraction of sp³-hybridized carbons (Fsp3) is 0.167. The van der Waals surface area contributed by atoms with Gasteiger partial charge in [0.05, 0.1) is 6.21 Å². The van der Waals surface area contributed by atoms with Gasteiger partial charge in [0, 0.05) is 5.69 Å². The fourth-order valence-corrected chi connectivity index (χ4v) is 2.23. The van der Waals surface area contributed by atoms with Gasteiger partial charge in [0.1, 0.15) is 5.75 Å². The van der Waals surface area contributed by atoms with Crippen LogP contribution in [0.15, 0.2) is 47.6 Å². The SMILES string of the molecule is Cc1ccc(NC(=S)N/N=C\c2ccc(OCC(=O)O)cc2)c(C)c1. The summed E-state index contributed by atoms with van der Waals surface area (Å²) in [6, 6.07) is 12.9. The Balaban J connectivity index is 1.85. The number of hydrazone groups is 1. The molecule has 0 atom stereocenters. The number of anilines is 1. The quantitative estimate of drug-likeness (QED) is 0.419. The van der Waals surface area contributed by atoms with Crippen LogP contribution >= 0.6 is 12.2 Å². The number of benzene rings is 2. The summed E-state index contributed by atoms with van der Waals surface area (Å²) in [5.41, 5.74) is 6.80. The molecule has 6 nitrogen and oxygen atoms in total. The molecule has 0 aliphatic carbocycles. The van der Waals surface area contributed by atoms with E-state index in [1.807, 2.05) is 26.0 Å². The van der Waals surface area contributed by atoms with Crippen LogP contribution in [0.2, 0.25) is 0 Å². The summed E-state index contributed by atoms with van der Waals surface area (Å²) in [7, 11) is 0. The summed E-state index contributed by atoms with van der Waals surface area (Å²) in [5, 5.41) is 16.1. The minimum Gasteiger partial charge on any atom is -0.482 e. The number of aryl methyl sites for hydroxylation is 2. The van der Waals surface area contributed by atoms with Gasteiger partial charge in [-0.2, -0.15) is 5.10 Å². The van der Waals surface area contributed by atoms with Crippen LogP contribution in [0.5, 0.6) is 5.75 Å². The summed E-state index contributed by atoms with van der Waals surface area (Å²) < 4.78 is 5.06. The second-order valence-electron chi connectivity index (χ2n) is 5.39. The van der Waals surface area contributed by atoms with Gasteiger partial charge in [-0.25, -0.2) is 4.79 Å². The minimum atomic E-state index is -1.01. The van der Waals surface area contributed by atoms with Crippen molar-refractivity contribution < 1.29 is 14.6 Å². The molecule has 0 saturated carbocycles. The first-order valence-corrected chi connectivity index (χ1v) is 7.97. The van der Waals surface area contributed by atoms with Gasteiger partial charge in [-0.05, 0) is 67.5 Å². The first-order chi connectivity index (χ1) is 11.9. The number of carboxylic acid groups (broad SMARTS) is 1. The molecule has 2 aromatic carbocycles. The molecule has 0 aliphatic rings. The molecule has 25 heavy (non-hydrogen) atoms. The number of carboxylic acids is 1. The number of nitrogens with zero attached hydrogens (tertiary/aromatic N) is 1. The molecule has 0 fully saturated rings. The van der Waals surface area contributed by atoms with Crippen LogP contribution in [0.1, 0.15) is 16.7 Å². The van der Waals surface area contributed by atoms with Crippen molar-refractivity contribution in [3.05, 3.63) is 59.2 Å². The average molecular weight is 357 g/mol. The standard InChI is InChI=1S/C18H19N3O3S/c1-12-3-8-16(13(2)9-12)20-18(25)21-19-10-14-4-6-15(7-5-14)24-11-17(22)23/h3-10H,11H2,1-2H3,(H,22,23)(H2,20,21,25)/b19-10-. The van der Waals surface area contributed by atoms with Crippen molar-refractivity contribution in [2.24, 2.45) is 5.10 Å². The van der Waals surface area contributed by atoms with E-state index in [1.54, 1.807) is 30.5 Å². The lowest BCUT2D eigenvalue weighted by Gasteiger charge is -2.10. The highest BCUT2D eigenvalue weighted by Gasteiger charge is 2.01.